The lowest BCUT2D eigenvalue weighted by Crippen LogP contribution is -2.33. The highest BCUT2D eigenvalue weighted by Crippen LogP contribution is 2.35. The Kier molecular flexibility index (Phi) is 4.29. The Morgan fingerprint density at radius 2 is 2.00 bits per heavy atom. The number of hydrogen-bond acceptors (Lipinski definition) is 3. The minimum atomic E-state index is -0.942. The molecule has 1 aromatic carbocycles. The number of ether oxygens (including phenoxy) is 1. The number of aliphatic hydroxyl groups is 1. The fraction of sp³-hybridized carbons (Fsp3) is 0.500. The van der Waals surface area contributed by atoms with Crippen molar-refractivity contribution in [3.05, 3.63) is 35.4 Å². The van der Waals surface area contributed by atoms with Gasteiger partial charge in [0.2, 0.25) is 0 Å². The van der Waals surface area contributed by atoms with Crippen molar-refractivity contribution < 1.29 is 14.6 Å². The SMILES string of the molecule is CCOC(=O)C(C)(C)C(O)c1ccccc1C. The van der Waals surface area contributed by atoms with E-state index in [2.05, 4.69) is 0 Å². The van der Waals surface area contributed by atoms with Crippen LogP contribution in [0.5, 0.6) is 0 Å². The highest BCUT2D eigenvalue weighted by atomic mass is 16.5. The maximum absolute atomic E-state index is 11.8. The van der Waals surface area contributed by atoms with Gasteiger partial charge in [-0.1, -0.05) is 24.3 Å². The van der Waals surface area contributed by atoms with Crippen LogP contribution < -0.4 is 0 Å². The molecule has 0 aromatic heterocycles. The van der Waals surface area contributed by atoms with Gasteiger partial charge in [-0.05, 0) is 38.8 Å². The predicted octanol–water partition coefficient (Wildman–Crippen LogP) is 2.62. The Morgan fingerprint density at radius 3 is 2.53 bits per heavy atom. The van der Waals surface area contributed by atoms with Gasteiger partial charge in [-0.25, -0.2) is 0 Å². The molecule has 1 rings (SSSR count). The Hall–Kier alpha value is -1.35. The first-order chi connectivity index (χ1) is 7.91. The van der Waals surface area contributed by atoms with Gasteiger partial charge in [0.05, 0.1) is 18.1 Å². The smallest absolute Gasteiger partial charge is 0.314 e. The quantitative estimate of drug-likeness (QED) is 0.817. The first-order valence-electron chi connectivity index (χ1n) is 5.82. The molecule has 0 fully saturated rings. The third-order valence-electron chi connectivity index (χ3n) is 2.97. The molecule has 0 bridgehead atoms. The Morgan fingerprint density at radius 1 is 1.41 bits per heavy atom. The van der Waals surface area contributed by atoms with Crippen LogP contribution in [-0.4, -0.2) is 17.7 Å². The van der Waals surface area contributed by atoms with Crippen molar-refractivity contribution in [2.75, 3.05) is 6.61 Å². The first kappa shape index (κ1) is 13.7. The number of carbonyl (C=O) groups is 1. The molecule has 0 saturated heterocycles. The largest absolute Gasteiger partial charge is 0.465 e. The van der Waals surface area contributed by atoms with Crippen LogP contribution in [0.4, 0.5) is 0 Å². The van der Waals surface area contributed by atoms with Crippen LogP contribution in [0, 0.1) is 12.3 Å². The summed E-state index contributed by atoms with van der Waals surface area (Å²) in [5, 5.41) is 10.3. The number of aliphatic hydroxyl groups excluding tert-OH is 1. The molecular formula is C14H20O3. The summed E-state index contributed by atoms with van der Waals surface area (Å²) in [6.07, 6.45) is -0.859. The topological polar surface area (TPSA) is 46.5 Å². The van der Waals surface area contributed by atoms with E-state index < -0.39 is 11.5 Å². The molecule has 0 heterocycles. The van der Waals surface area contributed by atoms with Gasteiger partial charge in [-0.15, -0.1) is 0 Å². The third-order valence-corrected chi connectivity index (χ3v) is 2.97. The van der Waals surface area contributed by atoms with Crippen molar-refractivity contribution in [1.82, 2.24) is 0 Å². The fourth-order valence-corrected chi connectivity index (χ4v) is 1.71. The van der Waals surface area contributed by atoms with Crippen LogP contribution in [0.25, 0.3) is 0 Å². The molecule has 0 aliphatic heterocycles. The van der Waals surface area contributed by atoms with Crippen molar-refractivity contribution in [3.63, 3.8) is 0 Å². The lowest BCUT2D eigenvalue weighted by atomic mass is 9.81. The van der Waals surface area contributed by atoms with Gasteiger partial charge in [-0.2, -0.15) is 0 Å². The van der Waals surface area contributed by atoms with Crippen molar-refractivity contribution in [2.24, 2.45) is 5.41 Å². The maximum atomic E-state index is 11.8. The minimum Gasteiger partial charge on any atom is -0.465 e. The highest BCUT2D eigenvalue weighted by Gasteiger charge is 2.38. The minimum absolute atomic E-state index is 0.322. The summed E-state index contributed by atoms with van der Waals surface area (Å²) < 4.78 is 4.99. The molecule has 0 aliphatic rings. The summed E-state index contributed by atoms with van der Waals surface area (Å²) in [6, 6.07) is 7.51. The molecule has 0 amide bonds. The molecule has 1 aromatic rings. The van der Waals surface area contributed by atoms with Crippen molar-refractivity contribution in [1.29, 1.82) is 0 Å². The molecule has 94 valence electrons. The molecule has 0 radical (unpaired) electrons. The molecule has 0 aliphatic carbocycles. The van der Waals surface area contributed by atoms with E-state index in [0.717, 1.165) is 11.1 Å². The standard InChI is InChI=1S/C14H20O3/c1-5-17-13(16)14(3,4)12(15)11-9-7-6-8-10(11)2/h6-9,12,15H,5H2,1-4H3. The van der Waals surface area contributed by atoms with Crippen LogP contribution in [0.3, 0.4) is 0 Å². The van der Waals surface area contributed by atoms with Crippen molar-refractivity contribution in [3.8, 4) is 0 Å². The average molecular weight is 236 g/mol. The summed E-state index contributed by atoms with van der Waals surface area (Å²) >= 11 is 0. The zero-order valence-electron chi connectivity index (χ0n) is 10.9. The second-order valence-corrected chi connectivity index (χ2v) is 4.70. The van der Waals surface area contributed by atoms with E-state index >= 15 is 0 Å². The summed E-state index contributed by atoms with van der Waals surface area (Å²) in [6.45, 7) is 7.39. The van der Waals surface area contributed by atoms with Crippen molar-refractivity contribution in [2.45, 2.75) is 33.8 Å². The summed E-state index contributed by atoms with van der Waals surface area (Å²) in [4.78, 5) is 11.8. The van der Waals surface area contributed by atoms with E-state index in [1.807, 2.05) is 31.2 Å². The predicted molar refractivity (Wildman–Crippen MR) is 66.6 cm³/mol. The number of rotatable bonds is 4. The maximum Gasteiger partial charge on any atom is 0.314 e. The average Bonchev–Trinajstić information content (AvgIpc) is 2.29. The molecule has 1 unspecified atom stereocenters. The molecular weight excluding hydrogens is 216 g/mol. The summed E-state index contributed by atoms with van der Waals surface area (Å²) in [5.74, 6) is -0.379. The highest BCUT2D eigenvalue weighted by molar-refractivity contribution is 5.77. The zero-order valence-corrected chi connectivity index (χ0v) is 10.9. The van der Waals surface area contributed by atoms with Crippen LogP contribution >= 0.6 is 0 Å². The normalized spacial score (nSPS) is 13.2. The van der Waals surface area contributed by atoms with E-state index in [1.165, 1.54) is 0 Å². The molecule has 1 N–H and O–H groups in total. The molecule has 0 spiro atoms. The monoisotopic (exact) mass is 236 g/mol. The molecule has 17 heavy (non-hydrogen) atoms. The molecule has 1 atom stereocenters. The van der Waals surface area contributed by atoms with Gasteiger partial charge in [0.1, 0.15) is 0 Å². The Bertz CT molecular complexity index is 396. The Labute approximate surface area is 102 Å². The molecule has 3 nitrogen and oxygen atoms in total. The van der Waals surface area contributed by atoms with E-state index in [-0.39, 0.29) is 5.97 Å². The van der Waals surface area contributed by atoms with Gasteiger partial charge in [-0.3, -0.25) is 4.79 Å². The van der Waals surface area contributed by atoms with Gasteiger partial charge in [0.15, 0.2) is 0 Å². The van der Waals surface area contributed by atoms with Crippen molar-refractivity contribution >= 4 is 5.97 Å². The number of hydrogen-bond donors (Lipinski definition) is 1. The number of benzene rings is 1. The summed E-state index contributed by atoms with van der Waals surface area (Å²) in [5.41, 5.74) is 0.796. The van der Waals surface area contributed by atoms with Crippen LogP contribution in [0.1, 0.15) is 38.0 Å². The molecule has 3 heteroatoms. The number of aryl methyl sites for hydroxylation is 1. The van der Waals surface area contributed by atoms with E-state index in [4.69, 9.17) is 4.74 Å². The van der Waals surface area contributed by atoms with Gasteiger partial charge in [0.25, 0.3) is 0 Å². The van der Waals surface area contributed by atoms with Crippen LogP contribution in [0.15, 0.2) is 24.3 Å². The lowest BCUT2D eigenvalue weighted by Gasteiger charge is -2.29. The lowest BCUT2D eigenvalue weighted by molar-refractivity contribution is -0.160. The second-order valence-electron chi connectivity index (χ2n) is 4.70. The summed E-state index contributed by atoms with van der Waals surface area (Å²) in [7, 11) is 0. The van der Waals surface area contributed by atoms with E-state index in [1.54, 1.807) is 20.8 Å². The van der Waals surface area contributed by atoms with Gasteiger partial charge in [0, 0.05) is 0 Å². The van der Waals surface area contributed by atoms with Crippen LogP contribution in [0.2, 0.25) is 0 Å². The molecule has 0 saturated carbocycles. The van der Waals surface area contributed by atoms with Gasteiger partial charge < -0.3 is 9.84 Å². The number of esters is 1. The first-order valence-corrected chi connectivity index (χ1v) is 5.82. The number of carbonyl (C=O) groups excluding carboxylic acids is 1. The van der Waals surface area contributed by atoms with Gasteiger partial charge >= 0.3 is 5.97 Å². The van der Waals surface area contributed by atoms with E-state index in [9.17, 15) is 9.90 Å². The Balaban J connectivity index is 3.00. The zero-order chi connectivity index (χ0) is 13.1. The van der Waals surface area contributed by atoms with E-state index in [0.29, 0.717) is 6.61 Å². The second kappa shape index (κ2) is 5.32. The fourth-order valence-electron chi connectivity index (χ4n) is 1.71. The third kappa shape index (κ3) is 2.86. The van der Waals surface area contributed by atoms with Crippen LogP contribution in [-0.2, 0) is 9.53 Å².